The average molecular weight is 409 g/mol. The Morgan fingerprint density at radius 2 is 1.50 bits per heavy atom. The largest absolute Gasteiger partial charge is 0.319 e. The van der Waals surface area contributed by atoms with Crippen LogP contribution in [-0.4, -0.2) is 20.7 Å². The molecule has 5 nitrogen and oxygen atoms in total. The summed E-state index contributed by atoms with van der Waals surface area (Å²) in [5, 5.41) is 12.0. The summed E-state index contributed by atoms with van der Waals surface area (Å²) in [6.45, 7) is 0. The molecule has 0 aliphatic carbocycles. The smallest absolute Gasteiger partial charge is 0.293 e. The number of benzene rings is 3. The number of carbonyl (C=O) groups is 1. The molecule has 0 atom stereocenters. The molecule has 0 radical (unpaired) electrons. The number of halogens is 2. The maximum atomic E-state index is 12.9. The summed E-state index contributed by atoms with van der Waals surface area (Å²) in [5.41, 5.74) is 2.15. The molecule has 0 spiro atoms. The molecule has 1 aromatic heterocycles. The minimum absolute atomic E-state index is 0.163. The standard InChI is InChI=1S/C21H14Cl2N4O/c22-17-12-11-15(13-18(17)23)24-21(28)20-26-25-19(14-7-3-1-4-8-14)27(20)16-9-5-2-6-10-16/h1-13H,(H,24,28). The fourth-order valence-corrected chi connectivity index (χ4v) is 3.09. The molecule has 4 aromatic rings. The third-order valence-corrected chi connectivity index (χ3v) is 4.83. The number of hydrogen-bond acceptors (Lipinski definition) is 3. The van der Waals surface area contributed by atoms with Gasteiger partial charge in [-0.15, -0.1) is 10.2 Å². The van der Waals surface area contributed by atoms with Gasteiger partial charge in [-0.25, -0.2) is 0 Å². The Hall–Kier alpha value is -3.15. The van der Waals surface area contributed by atoms with Gasteiger partial charge in [-0.3, -0.25) is 9.36 Å². The summed E-state index contributed by atoms with van der Waals surface area (Å²) in [4.78, 5) is 12.9. The summed E-state index contributed by atoms with van der Waals surface area (Å²) in [6.07, 6.45) is 0. The Morgan fingerprint density at radius 1 is 0.821 bits per heavy atom. The number of amides is 1. The zero-order valence-corrected chi connectivity index (χ0v) is 16.0. The highest BCUT2D eigenvalue weighted by atomic mass is 35.5. The van der Waals surface area contributed by atoms with Crippen molar-refractivity contribution < 1.29 is 4.79 Å². The van der Waals surface area contributed by atoms with Gasteiger partial charge in [-0.2, -0.15) is 0 Å². The Kier molecular flexibility index (Phi) is 5.10. The van der Waals surface area contributed by atoms with Crippen molar-refractivity contribution in [3.63, 3.8) is 0 Å². The first-order chi connectivity index (χ1) is 13.6. The molecule has 1 amide bonds. The topological polar surface area (TPSA) is 59.8 Å². The van der Waals surface area contributed by atoms with E-state index in [1.54, 1.807) is 22.8 Å². The normalized spacial score (nSPS) is 10.6. The van der Waals surface area contributed by atoms with E-state index in [9.17, 15) is 4.79 Å². The van der Waals surface area contributed by atoms with E-state index < -0.39 is 5.91 Å². The minimum Gasteiger partial charge on any atom is -0.319 e. The molecule has 3 aromatic carbocycles. The number of nitrogens with one attached hydrogen (secondary N) is 1. The van der Waals surface area contributed by atoms with Crippen LogP contribution in [-0.2, 0) is 0 Å². The number of carbonyl (C=O) groups excluding carboxylic acids is 1. The van der Waals surface area contributed by atoms with Crippen LogP contribution in [0.5, 0.6) is 0 Å². The van der Waals surface area contributed by atoms with Crippen LogP contribution in [0.4, 0.5) is 5.69 Å². The molecule has 7 heteroatoms. The highest BCUT2D eigenvalue weighted by molar-refractivity contribution is 6.42. The second-order valence-electron chi connectivity index (χ2n) is 5.97. The number of rotatable bonds is 4. The Balaban J connectivity index is 1.77. The SMILES string of the molecule is O=C(Nc1ccc(Cl)c(Cl)c1)c1nnc(-c2ccccc2)n1-c1ccccc1. The third kappa shape index (κ3) is 3.63. The Morgan fingerprint density at radius 3 is 2.18 bits per heavy atom. The summed E-state index contributed by atoms with van der Waals surface area (Å²) in [6, 6.07) is 24.0. The van der Waals surface area contributed by atoms with Crippen molar-refractivity contribution in [2.24, 2.45) is 0 Å². The predicted molar refractivity (Wildman–Crippen MR) is 111 cm³/mol. The number of aromatic nitrogens is 3. The molecule has 0 saturated heterocycles. The van der Waals surface area contributed by atoms with Crippen molar-refractivity contribution in [1.82, 2.24) is 14.8 Å². The molecule has 1 N–H and O–H groups in total. The number of hydrogen-bond donors (Lipinski definition) is 1. The van der Waals surface area contributed by atoms with Crippen LogP contribution in [0.3, 0.4) is 0 Å². The maximum Gasteiger partial charge on any atom is 0.293 e. The summed E-state index contributed by atoms with van der Waals surface area (Å²) in [7, 11) is 0. The van der Waals surface area contributed by atoms with Crippen molar-refractivity contribution in [2.45, 2.75) is 0 Å². The third-order valence-electron chi connectivity index (χ3n) is 4.09. The van der Waals surface area contributed by atoms with Crippen LogP contribution >= 0.6 is 23.2 Å². The van der Waals surface area contributed by atoms with E-state index >= 15 is 0 Å². The van der Waals surface area contributed by atoms with E-state index in [2.05, 4.69) is 15.5 Å². The zero-order valence-electron chi connectivity index (χ0n) is 14.5. The van der Waals surface area contributed by atoms with Crippen molar-refractivity contribution in [3.05, 3.63) is 94.7 Å². The highest BCUT2D eigenvalue weighted by Crippen LogP contribution is 2.26. The van der Waals surface area contributed by atoms with E-state index in [-0.39, 0.29) is 5.82 Å². The lowest BCUT2D eigenvalue weighted by molar-refractivity contribution is 0.101. The van der Waals surface area contributed by atoms with Crippen LogP contribution in [0.2, 0.25) is 10.0 Å². The van der Waals surface area contributed by atoms with Crippen LogP contribution < -0.4 is 5.32 Å². The molecule has 0 saturated carbocycles. The van der Waals surface area contributed by atoms with Crippen molar-refractivity contribution in [1.29, 1.82) is 0 Å². The molecule has 4 rings (SSSR count). The zero-order chi connectivity index (χ0) is 19.5. The molecule has 0 aliphatic heterocycles. The molecule has 28 heavy (non-hydrogen) atoms. The molecular formula is C21H14Cl2N4O. The van der Waals surface area contributed by atoms with Crippen molar-refractivity contribution in [2.75, 3.05) is 5.32 Å². The van der Waals surface area contributed by atoms with Gasteiger partial charge < -0.3 is 5.32 Å². The minimum atomic E-state index is -0.406. The lowest BCUT2D eigenvalue weighted by Gasteiger charge is -2.11. The number of nitrogens with zero attached hydrogens (tertiary/aromatic N) is 3. The van der Waals surface area contributed by atoms with Crippen molar-refractivity contribution in [3.8, 4) is 17.1 Å². The fraction of sp³-hybridized carbons (Fsp3) is 0. The molecule has 138 valence electrons. The maximum absolute atomic E-state index is 12.9. The fourth-order valence-electron chi connectivity index (χ4n) is 2.79. The van der Waals surface area contributed by atoms with Crippen LogP contribution in [0.15, 0.2) is 78.9 Å². The second-order valence-corrected chi connectivity index (χ2v) is 6.78. The van der Waals surface area contributed by atoms with E-state index in [1.807, 2.05) is 60.7 Å². The molecule has 0 unspecified atom stereocenters. The van der Waals surface area contributed by atoms with Gasteiger partial charge in [-0.1, -0.05) is 71.7 Å². The summed E-state index contributed by atoms with van der Waals surface area (Å²) >= 11 is 12.0. The summed E-state index contributed by atoms with van der Waals surface area (Å²) < 4.78 is 1.72. The molecule has 1 heterocycles. The lowest BCUT2D eigenvalue weighted by atomic mass is 10.2. The van der Waals surface area contributed by atoms with Gasteiger partial charge >= 0.3 is 0 Å². The first-order valence-corrected chi connectivity index (χ1v) is 9.22. The van der Waals surface area contributed by atoms with Gasteiger partial charge in [0.2, 0.25) is 5.82 Å². The Bertz CT molecular complexity index is 1130. The summed E-state index contributed by atoms with van der Waals surface area (Å²) in [5.74, 6) is 0.333. The first-order valence-electron chi connectivity index (χ1n) is 8.46. The molecule has 0 fully saturated rings. The average Bonchev–Trinajstić information content (AvgIpc) is 3.17. The Labute approximate surface area is 171 Å². The van der Waals surface area contributed by atoms with Gasteiger partial charge in [0.25, 0.3) is 5.91 Å². The number of para-hydroxylation sites is 1. The highest BCUT2D eigenvalue weighted by Gasteiger charge is 2.21. The lowest BCUT2D eigenvalue weighted by Crippen LogP contribution is -2.18. The number of anilines is 1. The first kappa shape index (κ1) is 18.2. The molecular weight excluding hydrogens is 395 g/mol. The monoisotopic (exact) mass is 408 g/mol. The predicted octanol–water partition coefficient (Wildman–Crippen LogP) is 5.49. The van der Waals surface area contributed by atoms with Crippen LogP contribution in [0.25, 0.3) is 17.1 Å². The van der Waals surface area contributed by atoms with E-state index in [1.165, 1.54) is 0 Å². The molecule has 0 aliphatic rings. The molecule has 0 bridgehead atoms. The van der Waals surface area contributed by atoms with Crippen LogP contribution in [0, 0.1) is 0 Å². The van der Waals surface area contributed by atoms with Crippen LogP contribution in [0.1, 0.15) is 10.6 Å². The second kappa shape index (κ2) is 7.84. The van der Waals surface area contributed by atoms with Gasteiger partial charge in [0.15, 0.2) is 5.82 Å². The van der Waals surface area contributed by atoms with Gasteiger partial charge in [0.05, 0.1) is 10.0 Å². The van der Waals surface area contributed by atoms with Gasteiger partial charge in [0.1, 0.15) is 0 Å². The quantitative estimate of drug-likeness (QED) is 0.485. The van der Waals surface area contributed by atoms with E-state index in [0.717, 1.165) is 11.3 Å². The van der Waals surface area contributed by atoms with Gasteiger partial charge in [0, 0.05) is 16.9 Å². The van der Waals surface area contributed by atoms with E-state index in [4.69, 9.17) is 23.2 Å². The van der Waals surface area contributed by atoms with Gasteiger partial charge in [-0.05, 0) is 30.3 Å². The van der Waals surface area contributed by atoms with Crippen molar-refractivity contribution >= 4 is 34.8 Å². The van der Waals surface area contributed by atoms with E-state index in [0.29, 0.717) is 21.6 Å².